The SMILES string of the molecule is O=C(Nc1cc(C(F)(F)F)cc(C(F)(F)F)c1)c1csc(-c2ccc(Cl)cc2)c1. The third kappa shape index (κ3) is 5.10. The summed E-state index contributed by atoms with van der Waals surface area (Å²) in [6.45, 7) is 0. The Balaban J connectivity index is 1.88. The van der Waals surface area contributed by atoms with E-state index in [4.69, 9.17) is 11.6 Å². The van der Waals surface area contributed by atoms with Crippen molar-refractivity contribution in [1.29, 1.82) is 0 Å². The van der Waals surface area contributed by atoms with Crippen LogP contribution in [0.5, 0.6) is 0 Å². The Labute approximate surface area is 169 Å². The summed E-state index contributed by atoms with van der Waals surface area (Å²) in [6, 6.07) is 9.14. The molecule has 3 aromatic rings. The summed E-state index contributed by atoms with van der Waals surface area (Å²) in [5.41, 5.74) is -2.75. The molecule has 1 aromatic heterocycles. The second-order valence-electron chi connectivity index (χ2n) is 5.96. The highest BCUT2D eigenvalue weighted by atomic mass is 35.5. The monoisotopic (exact) mass is 449 g/mol. The minimum absolute atomic E-state index is 0.00110. The molecule has 0 unspecified atom stereocenters. The molecule has 0 atom stereocenters. The Kier molecular flexibility index (Phi) is 5.64. The molecule has 0 radical (unpaired) electrons. The highest BCUT2D eigenvalue weighted by Gasteiger charge is 2.37. The smallest absolute Gasteiger partial charge is 0.322 e. The van der Waals surface area contributed by atoms with E-state index >= 15 is 0 Å². The highest BCUT2D eigenvalue weighted by Crippen LogP contribution is 2.38. The number of hydrogen-bond acceptors (Lipinski definition) is 2. The first-order chi connectivity index (χ1) is 13.4. The highest BCUT2D eigenvalue weighted by molar-refractivity contribution is 7.13. The van der Waals surface area contributed by atoms with Crippen LogP contribution in [0.25, 0.3) is 10.4 Å². The van der Waals surface area contributed by atoms with Crippen LogP contribution >= 0.6 is 22.9 Å². The second-order valence-corrected chi connectivity index (χ2v) is 7.30. The molecule has 0 saturated heterocycles. The topological polar surface area (TPSA) is 29.1 Å². The fourth-order valence-corrected chi connectivity index (χ4v) is 3.47. The molecule has 0 bridgehead atoms. The third-order valence-electron chi connectivity index (χ3n) is 3.84. The molecule has 3 rings (SSSR count). The molecule has 0 spiro atoms. The number of anilines is 1. The molecule has 1 amide bonds. The molecule has 0 aliphatic carbocycles. The van der Waals surface area contributed by atoms with Crippen LogP contribution in [0.3, 0.4) is 0 Å². The maximum absolute atomic E-state index is 12.9. The number of hydrogen-bond donors (Lipinski definition) is 1. The van der Waals surface area contributed by atoms with Crippen molar-refractivity contribution in [2.24, 2.45) is 0 Å². The molecule has 10 heteroatoms. The van der Waals surface area contributed by atoms with E-state index in [1.165, 1.54) is 22.8 Å². The average Bonchev–Trinajstić information content (AvgIpc) is 3.11. The molecule has 2 aromatic carbocycles. The van der Waals surface area contributed by atoms with Crippen molar-refractivity contribution in [3.05, 3.63) is 75.6 Å². The molecule has 0 fully saturated rings. The van der Waals surface area contributed by atoms with Crippen molar-refractivity contribution >= 4 is 34.5 Å². The number of halogens is 7. The van der Waals surface area contributed by atoms with Gasteiger partial charge in [0.1, 0.15) is 0 Å². The van der Waals surface area contributed by atoms with Gasteiger partial charge in [-0.3, -0.25) is 4.79 Å². The van der Waals surface area contributed by atoms with Crippen LogP contribution in [0, 0.1) is 0 Å². The number of carbonyl (C=O) groups excluding carboxylic acids is 1. The lowest BCUT2D eigenvalue weighted by Crippen LogP contribution is -2.15. The van der Waals surface area contributed by atoms with Crippen LogP contribution in [0.2, 0.25) is 5.02 Å². The van der Waals surface area contributed by atoms with Crippen LogP contribution in [0.4, 0.5) is 32.0 Å². The standard InChI is InChI=1S/C19H10ClF6NOS/c20-14-3-1-10(2-4-14)16-5-11(9-29-16)17(28)27-15-7-12(18(21,22)23)6-13(8-15)19(24,25)26/h1-9H,(H,27,28). The Morgan fingerprint density at radius 2 is 1.41 bits per heavy atom. The van der Waals surface area contributed by atoms with E-state index in [9.17, 15) is 31.1 Å². The molecular formula is C19H10ClF6NOS. The minimum atomic E-state index is -5.00. The number of thiophene rings is 1. The van der Waals surface area contributed by atoms with Crippen molar-refractivity contribution in [2.75, 3.05) is 5.32 Å². The first kappa shape index (κ1) is 21.2. The van der Waals surface area contributed by atoms with Gasteiger partial charge in [-0.1, -0.05) is 23.7 Å². The predicted octanol–water partition coefficient (Wildman–Crippen LogP) is 7.36. The first-order valence-corrected chi connectivity index (χ1v) is 9.14. The average molecular weight is 450 g/mol. The molecule has 0 aliphatic heterocycles. The van der Waals surface area contributed by atoms with Gasteiger partial charge in [-0.05, 0) is 42.0 Å². The van der Waals surface area contributed by atoms with Gasteiger partial charge < -0.3 is 5.32 Å². The number of benzene rings is 2. The van der Waals surface area contributed by atoms with E-state index in [0.717, 1.165) is 5.56 Å². The first-order valence-electron chi connectivity index (χ1n) is 7.89. The van der Waals surface area contributed by atoms with Gasteiger partial charge in [0.25, 0.3) is 5.91 Å². The molecular weight excluding hydrogens is 440 g/mol. The Morgan fingerprint density at radius 1 is 0.862 bits per heavy atom. The van der Waals surface area contributed by atoms with Gasteiger partial charge in [-0.2, -0.15) is 26.3 Å². The fourth-order valence-electron chi connectivity index (χ4n) is 2.45. The summed E-state index contributed by atoms with van der Waals surface area (Å²) in [5, 5.41) is 4.08. The van der Waals surface area contributed by atoms with Crippen LogP contribution in [0.1, 0.15) is 21.5 Å². The zero-order chi connectivity index (χ0) is 21.4. The van der Waals surface area contributed by atoms with Crippen molar-refractivity contribution in [3.63, 3.8) is 0 Å². The molecule has 0 aliphatic rings. The summed E-state index contributed by atoms with van der Waals surface area (Å²) in [6.07, 6.45) is -9.99. The summed E-state index contributed by atoms with van der Waals surface area (Å²) < 4.78 is 77.6. The molecule has 1 N–H and O–H groups in total. The zero-order valence-electron chi connectivity index (χ0n) is 14.2. The normalized spacial score (nSPS) is 12.1. The number of nitrogens with one attached hydrogen (secondary N) is 1. The molecule has 1 heterocycles. The summed E-state index contributed by atoms with van der Waals surface area (Å²) in [4.78, 5) is 13.0. The van der Waals surface area contributed by atoms with Gasteiger partial charge in [-0.25, -0.2) is 0 Å². The van der Waals surface area contributed by atoms with E-state index in [1.54, 1.807) is 24.3 Å². The van der Waals surface area contributed by atoms with Crippen LogP contribution in [0.15, 0.2) is 53.9 Å². The fraction of sp³-hybridized carbons (Fsp3) is 0.105. The van der Waals surface area contributed by atoms with E-state index in [1.807, 2.05) is 0 Å². The quantitative estimate of drug-likeness (QED) is 0.416. The lowest BCUT2D eigenvalue weighted by Gasteiger charge is -2.14. The van der Waals surface area contributed by atoms with Gasteiger partial charge in [-0.15, -0.1) is 11.3 Å². The number of amides is 1. The lowest BCUT2D eigenvalue weighted by molar-refractivity contribution is -0.143. The van der Waals surface area contributed by atoms with Gasteiger partial charge in [0.05, 0.1) is 16.7 Å². The Bertz CT molecular complexity index is 1010. The third-order valence-corrected chi connectivity index (χ3v) is 5.07. The maximum atomic E-state index is 12.9. The largest absolute Gasteiger partial charge is 0.416 e. The molecule has 0 saturated carbocycles. The Morgan fingerprint density at radius 3 is 1.93 bits per heavy atom. The lowest BCUT2D eigenvalue weighted by atomic mass is 10.1. The van der Waals surface area contributed by atoms with Crippen LogP contribution in [-0.4, -0.2) is 5.91 Å². The molecule has 2 nitrogen and oxygen atoms in total. The van der Waals surface area contributed by atoms with Crippen molar-refractivity contribution in [2.45, 2.75) is 12.4 Å². The van der Waals surface area contributed by atoms with Crippen molar-refractivity contribution in [3.8, 4) is 10.4 Å². The van der Waals surface area contributed by atoms with Crippen molar-refractivity contribution in [1.82, 2.24) is 0 Å². The van der Waals surface area contributed by atoms with Gasteiger partial charge in [0.15, 0.2) is 0 Å². The second kappa shape index (κ2) is 7.72. The van der Waals surface area contributed by atoms with Crippen LogP contribution < -0.4 is 5.32 Å². The van der Waals surface area contributed by atoms with Gasteiger partial charge in [0, 0.05) is 21.0 Å². The van der Waals surface area contributed by atoms with E-state index < -0.39 is 35.1 Å². The summed E-state index contributed by atoms with van der Waals surface area (Å²) in [7, 11) is 0. The number of rotatable bonds is 3. The van der Waals surface area contributed by atoms with Crippen LogP contribution in [-0.2, 0) is 12.4 Å². The van der Waals surface area contributed by atoms with E-state index in [-0.39, 0.29) is 11.6 Å². The molecule has 29 heavy (non-hydrogen) atoms. The maximum Gasteiger partial charge on any atom is 0.416 e. The zero-order valence-corrected chi connectivity index (χ0v) is 15.7. The van der Waals surface area contributed by atoms with E-state index in [2.05, 4.69) is 5.32 Å². The van der Waals surface area contributed by atoms with E-state index in [0.29, 0.717) is 22.0 Å². The summed E-state index contributed by atoms with van der Waals surface area (Å²) >= 11 is 7.01. The number of carbonyl (C=O) groups is 1. The predicted molar refractivity (Wildman–Crippen MR) is 99.2 cm³/mol. The molecule has 152 valence electrons. The Hall–Kier alpha value is -2.52. The van der Waals surface area contributed by atoms with Crippen molar-refractivity contribution < 1.29 is 31.1 Å². The number of alkyl halides is 6. The summed E-state index contributed by atoms with van der Waals surface area (Å²) in [5.74, 6) is -0.825. The minimum Gasteiger partial charge on any atom is -0.322 e. The van der Waals surface area contributed by atoms with Gasteiger partial charge >= 0.3 is 12.4 Å². The van der Waals surface area contributed by atoms with Gasteiger partial charge in [0.2, 0.25) is 0 Å².